The van der Waals surface area contributed by atoms with Crippen molar-refractivity contribution in [3.8, 4) is 0 Å². The third kappa shape index (κ3) is 2.83. The minimum atomic E-state index is -1.86. The van der Waals surface area contributed by atoms with Crippen molar-refractivity contribution in [2.75, 3.05) is 0 Å². The van der Waals surface area contributed by atoms with Crippen LogP contribution in [0.2, 0.25) is 0 Å². The Hall–Kier alpha value is -1.86. The normalized spacial score (nSPS) is 11.7. The molecule has 0 radical (unpaired) electrons. The molecule has 1 heterocycles. The molecule has 0 saturated carbocycles. The van der Waals surface area contributed by atoms with Gasteiger partial charge in [0.15, 0.2) is 0 Å². The molecule has 1 aromatic heterocycles. The number of benzene rings is 1. The Morgan fingerprint density at radius 3 is 2.50 bits per heavy atom. The van der Waals surface area contributed by atoms with E-state index in [1.54, 1.807) is 20.8 Å². The van der Waals surface area contributed by atoms with Gasteiger partial charge >= 0.3 is 13.2 Å². The molecule has 1 aromatic carbocycles. The number of carbonyl (C=O) groups is 1. The van der Waals surface area contributed by atoms with E-state index in [0.717, 1.165) is 4.57 Å². The number of halogens is 1. The molecular weight excluding hydrogens is 264 g/mol. The van der Waals surface area contributed by atoms with Gasteiger partial charge in [-0.3, -0.25) is 4.57 Å². The van der Waals surface area contributed by atoms with E-state index in [1.807, 2.05) is 0 Å². The minimum absolute atomic E-state index is 0.0696. The Morgan fingerprint density at radius 2 is 1.95 bits per heavy atom. The fourth-order valence-corrected chi connectivity index (χ4v) is 1.91. The summed E-state index contributed by atoms with van der Waals surface area (Å²) < 4.78 is 19.5. The molecule has 5 nitrogen and oxygen atoms in total. The quantitative estimate of drug-likeness (QED) is 0.770. The van der Waals surface area contributed by atoms with Crippen molar-refractivity contribution < 1.29 is 24.0 Å². The van der Waals surface area contributed by atoms with Crippen molar-refractivity contribution in [1.82, 2.24) is 4.57 Å². The number of fused-ring (bicyclic) bond motifs is 1. The number of carbonyl (C=O) groups excluding carboxylic acids is 1. The first-order valence-corrected chi connectivity index (χ1v) is 6.09. The lowest BCUT2D eigenvalue weighted by atomic mass is 9.86. The zero-order valence-corrected chi connectivity index (χ0v) is 11.4. The molecule has 2 N–H and O–H groups in total. The zero-order chi connectivity index (χ0) is 15.1. The van der Waals surface area contributed by atoms with E-state index in [4.69, 9.17) is 4.74 Å². The van der Waals surface area contributed by atoms with E-state index in [9.17, 15) is 19.2 Å². The van der Waals surface area contributed by atoms with Crippen LogP contribution >= 0.6 is 0 Å². The minimum Gasteiger partial charge on any atom is -0.443 e. The molecule has 7 heteroatoms. The molecule has 0 fully saturated rings. The van der Waals surface area contributed by atoms with Gasteiger partial charge in [0.05, 0.1) is 11.1 Å². The van der Waals surface area contributed by atoms with Crippen LogP contribution in [0.5, 0.6) is 0 Å². The molecule has 0 bridgehead atoms. The van der Waals surface area contributed by atoms with Crippen LogP contribution in [0.25, 0.3) is 10.9 Å². The molecule has 0 aliphatic carbocycles. The van der Waals surface area contributed by atoms with Crippen molar-refractivity contribution in [2.45, 2.75) is 26.4 Å². The van der Waals surface area contributed by atoms with Crippen molar-refractivity contribution in [1.29, 1.82) is 0 Å². The second-order valence-corrected chi connectivity index (χ2v) is 5.46. The van der Waals surface area contributed by atoms with Gasteiger partial charge in [-0.25, -0.2) is 9.18 Å². The molecule has 2 rings (SSSR count). The van der Waals surface area contributed by atoms with Gasteiger partial charge in [0, 0.05) is 5.39 Å². The maximum Gasteiger partial charge on any atom is 0.506 e. The lowest BCUT2D eigenvalue weighted by Gasteiger charge is -2.20. The topological polar surface area (TPSA) is 71.7 Å². The molecule has 106 valence electrons. The Bertz CT molecular complexity index is 660. The number of rotatable bonds is 1. The van der Waals surface area contributed by atoms with Gasteiger partial charge in [0.25, 0.3) is 0 Å². The average Bonchev–Trinajstić information content (AvgIpc) is 2.64. The van der Waals surface area contributed by atoms with Crippen LogP contribution in [0, 0.1) is 5.82 Å². The fourth-order valence-electron chi connectivity index (χ4n) is 1.91. The first kappa shape index (κ1) is 14.6. The van der Waals surface area contributed by atoms with Crippen molar-refractivity contribution in [2.24, 2.45) is 0 Å². The van der Waals surface area contributed by atoms with E-state index in [1.165, 1.54) is 24.3 Å². The summed E-state index contributed by atoms with van der Waals surface area (Å²) in [6.45, 7) is 5.10. The lowest BCUT2D eigenvalue weighted by Crippen LogP contribution is -2.40. The third-order valence-electron chi connectivity index (χ3n) is 2.63. The van der Waals surface area contributed by atoms with Gasteiger partial charge in [0.2, 0.25) is 0 Å². The van der Waals surface area contributed by atoms with Crippen molar-refractivity contribution >= 4 is 29.7 Å². The Labute approximate surface area is 115 Å². The molecule has 0 saturated heterocycles. The van der Waals surface area contributed by atoms with Crippen LogP contribution in [0.1, 0.15) is 20.8 Å². The van der Waals surface area contributed by atoms with Gasteiger partial charge in [-0.2, -0.15) is 0 Å². The van der Waals surface area contributed by atoms with Gasteiger partial charge in [-0.05, 0) is 45.0 Å². The SMILES string of the molecule is CC(C)(C)OC(=O)n1c(B(O)O)cc2cc(F)ccc21. The van der Waals surface area contributed by atoms with Crippen molar-refractivity contribution in [3.63, 3.8) is 0 Å². The summed E-state index contributed by atoms with van der Waals surface area (Å²) in [5.74, 6) is -0.474. The van der Waals surface area contributed by atoms with Crippen LogP contribution in [0.4, 0.5) is 9.18 Å². The monoisotopic (exact) mass is 279 g/mol. The molecule has 0 atom stereocenters. The highest BCUT2D eigenvalue weighted by Gasteiger charge is 2.27. The predicted octanol–water partition coefficient (Wildman–Crippen LogP) is 1.24. The summed E-state index contributed by atoms with van der Waals surface area (Å²) in [6, 6.07) is 5.13. The fraction of sp³-hybridized carbons (Fsp3) is 0.308. The summed E-state index contributed by atoms with van der Waals surface area (Å²) >= 11 is 0. The maximum absolute atomic E-state index is 13.2. The summed E-state index contributed by atoms with van der Waals surface area (Å²) in [4.78, 5) is 12.2. The molecule has 0 aliphatic rings. The molecule has 0 spiro atoms. The highest BCUT2D eigenvalue weighted by molar-refractivity contribution is 6.59. The van der Waals surface area contributed by atoms with Gasteiger partial charge in [-0.15, -0.1) is 0 Å². The molecule has 0 aliphatic heterocycles. The standard InChI is InChI=1S/C13H15BFNO4/c1-13(2,3)20-12(17)16-10-5-4-9(15)6-8(10)7-11(16)14(18)19/h4-7,18-19H,1-3H3. The summed E-state index contributed by atoms with van der Waals surface area (Å²) in [5.41, 5.74) is -0.450. The summed E-state index contributed by atoms with van der Waals surface area (Å²) in [5, 5.41) is 19.1. The summed E-state index contributed by atoms with van der Waals surface area (Å²) in [7, 11) is -1.86. The number of ether oxygens (including phenoxy) is 1. The zero-order valence-electron chi connectivity index (χ0n) is 11.4. The number of nitrogens with zero attached hydrogens (tertiary/aromatic N) is 1. The predicted molar refractivity (Wildman–Crippen MR) is 73.4 cm³/mol. The highest BCUT2D eigenvalue weighted by Crippen LogP contribution is 2.18. The van der Waals surface area contributed by atoms with Crippen LogP contribution in [0.15, 0.2) is 24.3 Å². The molecule has 0 unspecified atom stereocenters. The number of hydrogen-bond acceptors (Lipinski definition) is 4. The lowest BCUT2D eigenvalue weighted by molar-refractivity contribution is 0.0547. The van der Waals surface area contributed by atoms with Gasteiger partial charge in [-0.1, -0.05) is 0 Å². The Balaban J connectivity index is 2.60. The second kappa shape index (κ2) is 4.92. The van der Waals surface area contributed by atoms with E-state index in [-0.39, 0.29) is 5.59 Å². The van der Waals surface area contributed by atoms with Crippen LogP contribution < -0.4 is 5.59 Å². The van der Waals surface area contributed by atoms with E-state index < -0.39 is 24.6 Å². The summed E-state index contributed by atoms with van der Waals surface area (Å²) in [6.07, 6.45) is -0.748. The highest BCUT2D eigenvalue weighted by atomic mass is 19.1. The Morgan fingerprint density at radius 1 is 1.30 bits per heavy atom. The second-order valence-electron chi connectivity index (χ2n) is 5.46. The molecule has 0 amide bonds. The van der Waals surface area contributed by atoms with Crippen LogP contribution in [-0.2, 0) is 4.74 Å². The smallest absolute Gasteiger partial charge is 0.443 e. The first-order valence-electron chi connectivity index (χ1n) is 6.09. The maximum atomic E-state index is 13.2. The van der Waals surface area contributed by atoms with Gasteiger partial charge < -0.3 is 14.8 Å². The van der Waals surface area contributed by atoms with Crippen molar-refractivity contribution in [3.05, 3.63) is 30.1 Å². The van der Waals surface area contributed by atoms with Crippen LogP contribution in [-0.4, -0.2) is 33.4 Å². The Kier molecular flexibility index (Phi) is 3.58. The van der Waals surface area contributed by atoms with E-state index >= 15 is 0 Å². The molecule has 20 heavy (non-hydrogen) atoms. The largest absolute Gasteiger partial charge is 0.506 e. The average molecular weight is 279 g/mol. The van der Waals surface area contributed by atoms with E-state index in [0.29, 0.717) is 10.9 Å². The number of hydrogen-bond donors (Lipinski definition) is 2. The van der Waals surface area contributed by atoms with Crippen LogP contribution in [0.3, 0.4) is 0 Å². The molecule has 2 aromatic rings. The van der Waals surface area contributed by atoms with E-state index in [2.05, 4.69) is 0 Å². The third-order valence-corrected chi connectivity index (χ3v) is 2.63. The molecular formula is C13H15BFNO4. The van der Waals surface area contributed by atoms with Gasteiger partial charge in [0.1, 0.15) is 11.4 Å². The number of aromatic nitrogens is 1. The first-order chi connectivity index (χ1) is 9.19.